The number of hydrogen-bond donors (Lipinski definition) is 1. The van der Waals surface area contributed by atoms with Crippen molar-refractivity contribution in [3.05, 3.63) is 39.1 Å². The Labute approximate surface area is 117 Å². The molecule has 0 atom stereocenters. The summed E-state index contributed by atoms with van der Waals surface area (Å²) in [6.07, 6.45) is 2.92. The highest BCUT2D eigenvalue weighted by Gasteiger charge is 2.14. The molecule has 0 unspecified atom stereocenters. The molecule has 0 aliphatic carbocycles. The van der Waals surface area contributed by atoms with Crippen molar-refractivity contribution in [1.82, 2.24) is 15.2 Å². The second-order valence-electron chi connectivity index (χ2n) is 3.52. The second-order valence-corrected chi connectivity index (χ2v) is 5.00. The van der Waals surface area contributed by atoms with E-state index in [9.17, 15) is 9.18 Å². The van der Waals surface area contributed by atoms with Crippen molar-refractivity contribution in [2.24, 2.45) is 5.10 Å². The lowest BCUT2D eigenvalue weighted by Crippen LogP contribution is -2.18. The van der Waals surface area contributed by atoms with Crippen LogP contribution in [0.3, 0.4) is 0 Å². The fourth-order valence-electron chi connectivity index (χ4n) is 1.32. The van der Waals surface area contributed by atoms with Crippen LogP contribution in [0.15, 0.2) is 23.4 Å². The molecule has 1 amide bonds. The molecule has 2 aromatic heterocycles. The number of halogens is 2. The zero-order valence-corrected chi connectivity index (χ0v) is 11.5. The quantitative estimate of drug-likeness (QED) is 0.697. The van der Waals surface area contributed by atoms with E-state index in [0.717, 1.165) is 11.3 Å². The summed E-state index contributed by atoms with van der Waals surface area (Å²) in [4.78, 5) is 12.3. The normalized spacial score (nSPS) is 11.1. The number of aromatic nitrogens is 2. The van der Waals surface area contributed by atoms with Crippen molar-refractivity contribution in [1.29, 1.82) is 0 Å². The summed E-state index contributed by atoms with van der Waals surface area (Å²) >= 11 is 6.81. The number of carbonyl (C=O) groups excluding carboxylic acids is 1. The molecule has 0 radical (unpaired) electrons. The van der Waals surface area contributed by atoms with Crippen molar-refractivity contribution < 1.29 is 9.18 Å². The number of hydrogen-bond acceptors (Lipinski definition) is 4. The SMILES string of the molecule is CCn1cc(Cl)c(C(=O)NN=Cc2ccc(F)s2)n1. The molecule has 0 aromatic carbocycles. The minimum absolute atomic E-state index is 0.109. The molecule has 1 N–H and O–H groups in total. The summed E-state index contributed by atoms with van der Waals surface area (Å²) in [6, 6.07) is 2.89. The Morgan fingerprint density at radius 2 is 2.47 bits per heavy atom. The number of nitrogens with one attached hydrogen (secondary N) is 1. The third-order valence-electron chi connectivity index (χ3n) is 2.21. The monoisotopic (exact) mass is 300 g/mol. The van der Waals surface area contributed by atoms with Gasteiger partial charge in [0.15, 0.2) is 10.8 Å². The van der Waals surface area contributed by atoms with Crippen LogP contribution >= 0.6 is 22.9 Å². The van der Waals surface area contributed by atoms with E-state index >= 15 is 0 Å². The first-order valence-electron chi connectivity index (χ1n) is 5.42. The summed E-state index contributed by atoms with van der Waals surface area (Å²) in [5, 5.41) is 7.67. The van der Waals surface area contributed by atoms with Gasteiger partial charge >= 0.3 is 0 Å². The van der Waals surface area contributed by atoms with Gasteiger partial charge in [-0.1, -0.05) is 11.6 Å². The van der Waals surface area contributed by atoms with E-state index in [1.165, 1.54) is 12.3 Å². The first-order valence-corrected chi connectivity index (χ1v) is 6.61. The average molecular weight is 301 g/mol. The molecule has 0 bridgehead atoms. The number of rotatable bonds is 4. The van der Waals surface area contributed by atoms with Gasteiger partial charge in [-0.05, 0) is 19.1 Å². The molecule has 5 nitrogen and oxygen atoms in total. The summed E-state index contributed by atoms with van der Waals surface area (Å²) in [5.74, 6) is -0.509. The van der Waals surface area contributed by atoms with Crippen LogP contribution in [0, 0.1) is 5.13 Å². The maximum Gasteiger partial charge on any atom is 0.293 e. The molecule has 100 valence electrons. The highest BCUT2D eigenvalue weighted by atomic mass is 35.5. The molecule has 0 saturated carbocycles. The molecule has 0 aliphatic rings. The smallest absolute Gasteiger partial charge is 0.271 e. The fourth-order valence-corrected chi connectivity index (χ4v) is 2.16. The Balaban J connectivity index is 2.01. The standard InChI is InChI=1S/C11H10ClFN4OS/c1-2-17-6-8(12)10(16-17)11(18)15-14-5-7-3-4-9(13)19-7/h3-6H,2H2,1H3,(H,15,18). The molecule has 0 spiro atoms. The second kappa shape index (κ2) is 5.94. The van der Waals surface area contributed by atoms with E-state index in [1.807, 2.05) is 6.92 Å². The maximum atomic E-state index is 12.7. The van der Waals surface area contributed by atoms with Crippen molar-refractivity contribution in [2.45, 2.75) is 13.5 Å². The van der Waals surface area contributed by atoms with Gasteiger partial charge in [-0.25, -0.2) is 5.43 Å². The van der Waals surface area contributed by atoms with Gasteiger partial charge in [-0.15, -0.1) is 11.3 Å². The predicted molar refractivity (Wildman–Crippen MR) is 72.2 cm³/mol. The molecule has 8 heteroatoms. The lowest BCUT2D eigenvalue weighted by atomic mass is 10.4. The van der Waals surface area contributed by atoms with E-state index in [4.69, 9.17) is 11.6 Å². The van der Waals surface area contributed by atoms with Gasteiger partial charge in [0.1, 0.15) is 0 Å². The highest BCUT2D eigenvalue weighted by molar-refractivity contribution is 7.12. The van der Waals surface area contributed by atoms with Gasteiger partial charge in [-0.2, -0.15) is 14.6 Å². The van der Waals surface area contributed by atoms with Crippen molar-refractivity contribution in [3.8, 4) is 0 Å². The van der Waals surface area contributed by atoms with Crippen LogP contribution in [0.25, 0.3) is 0 Å². The van der Waals surface area contributed by atoms with Gasteiger partial charge in [0.2, 0.25) is 0 Å². The van der Waals surface area contributed by atoms with E-state index in [1.54, 1.807) is 16.9 Å². The Morgan fingerprint density at radius 1 is 1.68 bits per heavy atom. The van der Waals surface area contributed by atoms with Crippen LogP contribution in [0.4, 0.5) is 4.39 Å². The van der Waals surface area contributed by atoms with Gasteiger partial charge in [0.25, 0.3) is 5.91 Å². The van der Waals surface area contributed by atoms with E-state index in [-0.39, 0.29) is 15.8 Å². The Bertz CT molecular complexity index is 622. The Morgan fingerprint density at radius 3 is 3.05 bits per heavy atom. The van der Waals surface area contributed by atoms with Crippen LogP contribution in [-0.2, 0) is 6.54 Å². The molecule has 2 heterocycles. The third kappa shape index (κ3) is 3.39. The maximum absolute atomic E-state index is 12.7. The fraction of sp³-hybridized carbons (Fsp3) is 0.182. The van der Waals surface area contributed by atoms with Crippen molar-refractivity contribution in [2.75, 3.05) is 0 Å². The summed E-state index contributed by atoms with van der Waals surface area (Å²) in [5.41, 5.74) is 2.40. The van der Waals surface area contributed by atoms with Gasteiger partial charge in [-0.3, -0.25) is 9.48 Å². The van der Waals surface area contributed by atoms with Crippen LogP contribution in [-0.4, -0.2) is 21.9 Å². The first kappa shape index (κ1) is 13.7. The van der Waals surface area contributed by atoms with E-state index in [0.29, 0.717) is 11.4 Å². The number of carbonyl (C=O) groups is 1. The molecular weight excluding hydrogens is 291 g/mol. The predicted octanol–water partition coefficient (Wildman–Crippen LogP) is 2.52. The topological polar surface area (TPSA) is 59.3 Å². The highest BCUT2D eigenvalue weighted by Crippen LogP contribution is 2.14. The summed E-state index contributed by atoms with van der Waals surface area (Å²) in [7, 11) is 0. The van der Waals surface area contributed by atoms with E-state index < -0.39 is 5.91 Å². The van der Waals surface area contributed by atoms with Gasteiger partial charge in [0, 0.05) is 12.7 Å². The molecule has 0 saturated heterocycles. The number of hydrazone groups is 1. The lowest BCUT2D eigenvalue weighted by Gasteiger charge is -1.95. The molecular formula is C11H10ClFN4OS. The first-order chi connectivity index (χ1) is 9.10. The molecule has 0 fully saturated rings. The number of thiophene rings is 1. The number of nitrogens with zero attached hydrogens (tertiary/aromatic N) is 3. The van der Waals surface area contributed by atoms with Crippen LogP contribution in [0.5, 0.6) is 0 Å². The Hall–Kier alpha value is -1.73. The third-order valence-corrected chi connectivity index (χ3v) is 3.29. The van der Waals surface area contributed by atoms with Crippen LogP contribution < -0.4 is 5.43 Å². The van der Waals surface area contributed by atoms with Crippen LogP contribution in [0.2, 0.25) is 5.02 Å². The number of aryl methyl sites for hydroxylation is 1. The largest absolute Gasteiger partial charge is 0.293 e. The van der Waals surface area contributed by atoms with Crippen LogP contribution in [0.1, 0.15) is 22.3 Å². The molecule has 2 aromatic rings. The van der Waals surface area contributed by atoms with Crippen molar-refractivity contribution in [3.63, 3.8) is 0 Å². The average Bonchev–Trinajstić information content (AvgIpc) is 2.95. The summed E-state index contributed by atoms with van der Waals surface area (Å²) in [6.45, 7) is 2.50. The zero-order chi connectivity index (χ0) is 13.8. The van der Waals surface area contributed by atoms with E-state index in [2.05, 4.69) is 15.6 Å². The summed E-state index contributed by atoms with van der Waals surface area (Å²) < 4.78 is 14.3. The lowest BCUT2D eigenvalue weighted by molar-refractivity contribution is 0.0949. The zero-order valence-electron chi connectivity index (χ0n) is 9.93. The van der Waals surface area contributed by atoms with Gasteiger partial charge < -0.3 is 0 Å². The minimum atomic E-state index is -0.509. The molecule has 19 heavy (non-hydrogen) atoms. The molecule has 2 rings (SSSR count). The number of amides is 1. The molecule has 0 aliphatic heterocycles. The van der Waals surface area contributed by atoms with Crippen molar-refractivity contribution >= 4 is 35.1 Å². The Kier molecular flexibility index (Phi) is 4.28. The minimum Gasteiger partial charge on any atom is -0.271 e. The van der Waals surface area contributed by atoms with Gasteiger partial charge in [0.05, 0.1) is 16.1 Å².